The van der Waals surface area contributed by atoms with Crippen molar-refractivity contribution in [2.24, 2.45) is 5.10 Å². The van der Waals surface area contributed by atoms with Gasteiger partial charge in [-0.15, -0.1) is 0 Å². The standard InChI is InChI=1S/C17H19N3O4S/c1-22-13-8-12(9-14(23-2)17(13)24-3)10-19-20-15(21)11-25-16-6-4-5-7-18-16/h4-10H,11H2,1-3H3,(H,20,21)/b19-10+. The minimum Gasteiger partial charge on any atom is -0.493 e. The molecule has 1 heterocycles. The topological polar surface area (TPSA) is 82.0 Å². The molecule has 0 radical (unpaired) electrons. The largest absolute Gasteiger partial charge is 0.493 e. The van der Waals surface area contributed by atoms with E-state index >= 15 is 0 Å². The van der Waals surface area contributed by atoms with Gasteiger partial charge in [0, 0.05) is 11.8 Å². The third kappa shape index (κ3) is 5.39. The molecule has 7 nitrogen and oxygen atoms in total. The van der Waals surface area contributed by atoms with Gasteiger partial charge < -0.3 is 14.2 Å². The SMILES string of the molecule is COc1cc(/C=N/NC(=O)CSc2ccccn2)cc(OC)c1OC. The minimum atomic E-state index is -0.223. The van der Waals surface area contributed by atoms with Crippen LogP contribution in [0.2, 0.25) is 0 Å². The van der Waals surface area contributed by atoms with Gasteiger partial charge in [-0.3, -0.25) is 4.79 Å². The third-order valence-electron chi connectivity index (χ3n) is 3.08. The van der Waals surface area contributed by atoms with Gasteiger partial charge in [0.15, 0.2) is 11.5 Å². The van der Waals surface area contributed by atoms with Crippen molar-refractivity contribution in [2.75, 3.05) is 27.1 Å². The molecular weight excluding hydrogens is 342 g/mol. The van der Waals surface area contributed by atoms with Crippen LogP contribution < -0.4 is 19.6 Å². The lowest BCUT2D eigenvalue weighted by molar-refractivity contribution is -0.118. The summed E-state index contributed by atoms with van der Waals surface area (Å²) in [6.45, 7) is 0. The number of nitrogens with zero attached hydrogens (tertiary/aromatic N) is 2. The molecule has 0 saturated heterocycles. The van der Waals surface area contributed by atoms with Crippen molar-refractivity contribution in [1.82, 2.24) is 10.4 Å². The fraction of sp³-hybridized carbons (Fsp3) is 0.235. The lowest BCUT2D eigenvalue weighted by atomic mass is 10.2. The van der Waals surface area contributed by atoms with Crippen LogP contribution in [0.25, 0.3) is 0 Å². The molecule has 0 bridgehead atoms. The molecule has 132 valence electrons. The Kier molecular flexibility index (Phi) is 7.09. The molecular formula is C17H19N3O4S. The highest BCUT2D eigenvalue weighted by Gasteiger charge is 2.12. The number of nitrogens with one attached hydrogen (secondary N) is 1. The average molecular weight is 361 g/mol. The Morgan fingerprint density at radius 3 is 2.48 bits per heavy atom. The number of pyridine rings is 1. The summed E-state index contributed by atoms with van der Waals surface area (Å²) in [6, 6.07) is 9.01. The van der Waals surface area contributed by atoms with E-state index in [9.17, 15) is 4.79 Å². The minimum absolute atomic E-state index is 0.223. The maximum absolute atomic E-state index is 11.8. The van der Waals surface area contributed by atoms with E-state index in [0.29, 0.717) is 22.8 Å². The Hall–Kier alpha value is -2.74. The number of aromatic nitrogens is 1. The van der Waals surface area contributed by atoms with Gasteiger partial charge in [0.05, 0.1) is 38.3 Å². The van der Waals surface area contributed by atoms with E-state index in [-0.39, 0.29) is 11.7 Å². The van der Waals surface area contributed by atoms with Gasteiger partial charge in [-0.05, 0) is 24.3 Å². The van der Waals surface area contributed by atoms with E-state index < -0.39 is 0 Å². The first-order valence-corrected chi connectivity index (χ1v) is 8.32. The van der Waals surface area contributed by atoms with Crippen LogP contribution >= 0.6 is 11.8 Å². The summed E-state index contributed by atoms with van der Waals surface area (Å²) in [7, 11) is 4.61. The number of thioether (sulfide) groups is 1. The maximum Gasteiger partial charge on any atom is 0.250 e. The number of ether oxygens (including phenoxy) is 3. The van der Waals surface area contributed by atoms with E-state index in [1.165, 1.54) is 39.3 Å². The van der Waals surface area contributed by atoms with Crippen molar-refractivity contribution in [3.63, 3.8) is 0 Å². The quantitative estimate of drug-likeness (QED) is 0.442. The van der Waals surface area contributed by atoms with Crippen molar-refractivity contribution in [3.8, 4) is 17.2 Å². The second-order valence-electron chi connectivity index (χ2n) is 4.71. The second-order valence-corrected chi connectivity index (χ2v) is 5.70. The number of hydrazone groups is 1. The molecule has 0 aliphatic carbocycles. The van der Waals surface area contributed by atoms with Crippen molar-refractivity contribution < 1.29 is 19.0 Å². The predicted molar refractivity (Wildman–Crippen MR) is 96.8 cm³/mol. The predicted octanol–water partition coefficient (Wildman–Crippen LogP) is 2.35. The van der Waals surface area contributed by atoms with E-state index in [2.05, 4.69) is 15.5 Å². The summed E-state index contributed by atoms with van der Waals surface area (Å²) >= 11 is 1.34. The maximum atomic E-state index is 11.8. The third-order valence-corrected chi connectivity index (χ3v) is 4.02. The molecule has 0 spiro atoms. The van der Waals surface area contributed by atoms with E-state index in [1.54, 1.807) is 18.3 Å². The summed E-state index contributed by atoms with van der Waals surface area (Å²) in [5, 5.41) is 4.73. The monoisotopic (exact) mass is 361 g/mol. The normalized spacial score (nSPS) is 10.5. The fourth-order valence-electron chi connectivity index (χ4n) is 1.96. The molecule has 0 atom stereocenters. The molecule has 0 aliphatic rings. The first kappa shape index (κ1) is 18.6. The van der Waals surface area contributed by atoms with Gasteiger partial charge in [-0.2, -0.15) is 5.10 Å². The zero-order chi connectivity index (χ0) is 18.1. The molecule has 25 heavy (non-hydrogen) atoms. The van der Waals surface area contributed by atoms with Gasteiger partial charge in [-0.1, -0.05) is 17.8 Å². The summed E-state index contributed by atoms with van der Waals surface area (Å²) < 4.78 is 15.8. The first-order chi connectivity index (χ1) is 12.2. The molecule has 1 amide bonds. The van der Waals surface area contributed by atoms with Gasteiger partial charge in [0.1, 0.15) is 0 Å². The lowest BCUT2D eigenvalue weighted by Crippen LogP contribution is -2.19. The van der Waals surface area contributed by atoms with E-state index in [0.717, 1.165) is 5.03 Å². The van der Waals surface area contributed by atoms with Crippen LogP contribution in [0.4, 0.5) is 0 Å². The van der Waals surface area contributed by atoms with Crippen LogP contribution in [0, 0.1) is 0 Å². The van der Waals surface area contributed by atoms with Gasteiger partial charge in [0.2, 0.25) is 11.7 Å². The van der Waals surface area contributed by atoms with Gasteiger partial charge in [-0.25, -0.2) is 10.4 Å². The van der Waals surface area contributed by atoms with Crippen molar-refractivity contribution >= 4 is 23.9 Å². The number of hydrogen-bond donors (Lipinski definition) is 1. The van der Waals surface area contributed by atoms with Crippen LogP contribution in [-0.2, 0) is 4.79 Å². The molecule has 0 saturated carbocycles. The Morgan fingerprint density at radius 2 is 1.92 bits per heavy atom. The Bertz CT molecular complexity index is 713. The summed E-state index contributed by atoms with van der Waals surface area (Å²) in [5.74, 6) is 1.53. The number of carbonyl (C=O) groups excluding carboxylic acids is 1. The van der Waals surface area contributed by atoms with Crippen LogP contribution in [0.3, 0.4) is 0 Å². The average Bonchev–Trinajstić information content (AvgIpc) is 2.66. The highest BCUT2D eigenvalue weighted by molar-refractivity contribution is 7.99. The molecule has 1 N–H and O–H groups in total. The molecule has 8 heteroatoms. The van der Waals surface area contributed by atoms with Gasteiger partial charge in [0.25, 0.3) is 0 Å². The second kappa shape index (κ2) is 9.53. The summed E-state index contributed by atoms with van der Waals surface area (Å²) in [5.41, 5.74) is 3.18. The fourth-order valence-corrected chi connectivity index (χ4v) is 2.61. The van der Waals surface area contributed by atoms with Crippen molar-refractivity contribution in [3.05, 3.63) is 42.1 Å². The molecule has 1 aromatic carbocycles. The Balaban J connectivity index is 1.96. The molecule has 1 aromatic heterocycles. The van der Waals surface area contributed by atoms with Crippen LogP contribution in [0.15, 0.2) is 46.7 Å². The summed E-state index contributed by atoms with van der Waals surface area (Å²) in [6.07, 6.45) is 3.19. The van der Waals surface area contributed by atoms with E-state index in [4.69, 9.17) is 14.2 Å². The number of methoxy groups -OCH3 is 3. The number of benzene rings is 1. The molecule has 0 aliphatic heterocycles. The van der Waals surface area contributed by atoms with Crippen molar-refractivity contribution in [2.45, 2.75) is 5.03 Å². The Morgan fingerprint density at radius 1 is 1.20 bits per heavy atom. The van der Waals surface area contributed by atoms with E-state index in [1.807, 2.05) is 18.2 Å². The lowest BCUT2D eigenvalue weighted by Gasteiger charge is -2.12. The molecule has 0 fully saturated rings. The zero-order valence-electron chi connectivity index (χ0n) is 14.2. The molecule has 2 aromatic rings. The number of carbonyl (C=O) groups is 1. The highest BCUT2D eigenvalue weighted by atomic mass is 32.2. The van der Waals surface area contributed by atoms with Gasteiger partial charge >= 0.3 is 0 Å². The van der Waals surface area contributed by atoms with Crippen LogP contribution in [-0.4, -0.2) is 44.2 Å². The summed E-state index contributed by atoms with van der Waals surface area (Å²) in [4.78, 5) is 15.9. The number of rotatable bonds is 8. The smallest absolute Gasteiger partial charge is 0.250 e. The Labute approximate surface area is 150 Å². The number of amides is 1. The molecule has 2 rings (SSSR count). The van der Waals surface area contributed by atoms with Crippen LogP contribution in [0.1, 0.15) is 5.56 Å². The van der Waals surface area contributed by atoms with Crippen LogP contribution in [0.5, 0.6) is 17.2 Å². The molecule has 0 unspecified atom stereocenters. The highest BCUT2D eigenvalue weighted by Crippen LogP contribution is 2.37. The zero-order valence-corrected chi connectivity index (χ0v) is 15.0. The number of hydrogen-bond acceptors (Lipinski definition) is 7. The van der Waals surface area contributed by atoms with Crippen molar-refractivity contribution in [1.29, 1.82) is 0 Å². The first-order valence-electron chi connectivity index (χ1n) is 7.33.